The molecule has 0 radical (unpaired) electrons. The van der Waals surface area contributed by atoms with E-state index in [9.17, 15) is 18.0 Å². The van der Waals surface area contributed by atoms with Gasteiger partial charge in [0.1, 0.15) is 5.75 Å². The highest BCUT2D eigenvalue weighted by Gasteiger charge is 2.48. The van der Waals surface area contributed by atoms with Crippen LogP contribution in [0.4, 0.5) is 18.9 Å². The lowest BCUT2D eigenvalue weighted by molar-refractivity contribution is -0.187. The van der Waals surface area contributed by atoms with Gasteiger partial charge in [-0.25, -0.2) is 4.79 Å². The van der Waals surface area contributed by atoms with Crippen LogP contribution in [0.2, 0.25) is 5.02 Å². The first-order valence-electron chi connectivity index (χ1n) is 7.54. The lowest BCUT2D eigenvalue weighted by Crippen LogP contribution is -2.40. The Bertz CT molecular complexity index is 1020. The van der Waals surface area contributed by atoms with E-state index in [1.807, 2.05) is 0 Å². The number of carbonyl (C=O) groups is 1. The van der Waals surface area contributed by atoms with E-state index < -0.39 is 23.8 Å². The smallest absolute Gasteiger partial charge is 0.430 e. The quantitative estimate of drug-likeness (QED) is 0.565. The molecule has 0 aromatic heterocycles. The van der Waals surface area contributed by atoms with Crippen LogP contribution < -0.4 is 10.5 Å². The summed E-state index contributed by atoms with van der Waals surface area (Å²) in [4.78, 5) is 11.2. The normalized spacial score (nSPS) is 15.7. The summed E-state index contributed by atoms with van der Waals surface area (Å²) in [5.74, 6) is 3.59. The minimum atomic E-state index is -4.90. The molecule has 1 unspecified atom stereocenters. The minimum absolute atomic E-state index is 0.106. The van der Waals surface area contributed by atoms with Gasteiger partial charge in [0.15, 0.2) is 0 Å². The average Bonchev–Trinajstić information content (AvgIpc) is 2.57. The molecule has 0 aliphatic carbocycles. The lowest BCUT2D eigenvalue weighted by Gasteiger charge is -2.27. The number of carboxylic acids is 1. The van der Waals surface area contributed by atoms with E-state index in [-0.39, 0.29) is 21.9 Å². The third-order valence-corrected chi connectivity index (χ3v) is 3.90. The van der Waals surface area contributed by atoms with E-state index in [0.717, 1.165) is 6.08 Å². The van der Waals surface area contributed by atoms with Gasteiger partial charge < -0.3 is 15.6 Å². The van der Waals surface area contributed by atoms with Crippen molar-refractivity contribution in [3.8, 4) is 17.6 Å². The number of nitrogens with two attached hydrogens (primary N) is 1. The van der Waals surface area contributed by atoms with Gasteiger partial charge in [-0.3, -0.25) is 0 Å². The molecule has 0 amide bonds. The number of aliphatic carboxylic acids is 1. The Labute approximate surface area is 157 Å². The molecule has 27 heavy (non-hydrogen) atoms. The number of alkyl halides is 3. The van der Waals surface area contributed by atoms with Gasteiger partial charge in [-0.2, -0.15) is 13.2 Å². The number of rotatable bonds is 1. The largest absolute Gasteiger partial charge is 0.478 e. The SMILES string of the molecule is Nc1cccc(C#Cc2cc(Cl)cc3c2OC(C(F)(F)F)C(C(=O)O)=C3)c1. The standard InChI is InChI=1S/C19H11ClF3NO3/c20-13-7-11(5-4-10-2-1-3-14(24)6-10)16-12(8-13)9-15(18(25)26)17(27-16)19(21,22)23/h1-3,6-9,17H,24H2,(H,25,26). The van der Waals surface area contributed by atoms with Crippen LogP contribution in [0.5, 0.6) is 5.75 Å². The Morgan fingerprint density at radius 3 is 2.59 bits per heavy atom. The van der Waals surface area contributed by atoms with E-state index in [4.69, 9.17) is 27.2 Å². The molecule has 3 N–H and O–H groups in total. The summed E-state index contributed by atoms with van der Waals surface area (Å²) in [7, 11) is 0. The van der Waals surface area contributed by atoms with Crippen LogP contribution in [0, 0.1) is 11.8 Å². The second kappa shape index (κ2) is 6.89. The molecule has 0 saturated heterocycles. The highest BCUT2D eigenvalue weighted by Crippen LogP contribution is 2.40. The van der Waals surface area contributed by atoms with Crippen LogP contribution >= 0.6 is 11.6 Å². The molecule has 1 atom stereocenters. The fourth-order valence-electron chi connectivity index (χ4n) is 2.54. The zero-order chi connectivity index (χ0) is 19.8. The van der Waals surface area contributed by atoms with Gasteiger partial charge in [0.2, 0.25) is 6.10 Å². The predicted octanol–water partition coefficient (Wildman–Crippen LogP) is 4.11. The Morgan fingerprint density at radius 2 is 1.96 bits per heavy atom. The van der Waals surface area contributed by atoms with Crippen LogP contribution in [0.3, 0.4) is 0 Å². The molecule has 4 nitrogen and oxygen atoms in total. The maximum Gasteiger partial charge on any atom is 0.430 e. The first kappa shape index (κ1) is 18.7. The molecule has 2 aromatic carbocycles. The summed E-state index contributed by atoms with van der Waals surface area (Å²) in [5.41, 5.74) is 5.99. The molecule has 2 aromatic rings. The maximum atomic E-state index is 13.2. The highest BCUT2D eigenvalue weighted by atomic mass is 35.5. The van der Waals surface area contributed by atoms with Crippen molar-refractivity contribution in [2.75, 3.05) is 5.73 Å². The van der Waals surface area contributed by atoms with Gasteiger partial charge in [0.25, 0.3) is 0 Å². The van der Waals surface area contributed by atoms with Crippen molar-refractivity contribution in [3.63, 3.8) is 0 Å². The second-order valence-electron chi connectivity index (χ2n) is 5.69. The predicted molar refractivity (Wildman–Crippen MR) is 94.4 cm³/mol. The second-order valence-corrected chi connectivity index (χ2v) is 6.13. The molecule has 1 aliphatic heterocycles. The van der Waals surface area contributed by atoms with E-state index in [0.29, 0.717) is 11.3 Å². The molecule has 0 fully saturated rings. The van der Waals surface area contributed by atoms with Crippen molar-refractivity contribution in [1.29, 1.82) is 0 Å². The van der Waals surface area contributed by atoms with Crippen molar-refractivity contribution in [2.24, 2.45) is 0 Å². The molecule has 8 heteroatoms. The van der Waals surface area contributed by atoms with Crippen LogP contribution in [0.15, 0.2) is 42.0 Å². The molecule has 3 rings (SSSR count). The van der Waals surface area contributed by atoms with Crippen molar-refractivity contribution in [1.82, 2.24) is 0 Å². The molecule has 0 saturated carbocycles. The van der Waals surface area contributed by atoms with E-state index >= 15 is 0 Å². The van der Waals surface area contributed by atoms with Gasteiger partial charge in [-0.1, -0.05) is 29.5 Å². The Morgan fingerprint density at radius 1 is 1.22 bits per heavy atom. The average molecular weight is 394 g/mol. The number of carboxylic acid groups (broad SMARTS) is 1. The number of nitrogen functional groups attached to an aromatic ring is 1. The van der Waals surface area contributed by atoms with Gasteiger partial charge >= 0.3 is 12.1 Å². The van der Waals surface area contributed by atoms with E-state index in [2.05, 4.69) is 11.8 Å². The Balaban J connectivity index is 2.12. The van der Waals surface area contributed by atoms with Crippen molar-refractivity contribution >= 4 is 29.3 Å². The van der Waals surface area contributed by atoms with Crippen molar-refractivity contribution < 1.29 is 27.8 Å². The van der Waals surface area contributed by atoms with Crippen molar-refractivity contribution in [2.45, 2.75) is 12.3 Å². The summed E-state index contributed by atoms with van der Waals surface area (Å²) in [6.45, 7) is 0. The van der Waals surface area contributed by atoms with Crippen LogP contribution in [0.1, 0.15) is 16.7 Å². The summed E-state index contributed by atoms with van der Waals surface area (Å²) in [6, 6.07) is 9.31. The number of fused-ring (bicyclic) bond motifs is 1. The number of halogens is 4. The first-order valence-corrected chi connectivity index (χ1v) is 7.92. The van der Waals surface area contributed by atoms with Crippen LogP contribution in [-0.2, 0) is 4.79 Å². The van der Waals surface area contributed by atoms with Gasteiger partial charge in [-0.05, 0) is 36.4 Å². The fourth-order valence-corrected chi connectivity index (χ4v) is 2.77. The number of ether oxygens (including phenoxy) is 1. The Kier molecular flexibility index (Phi) is 4.77. The summed E-state index contributed by atoms with van der Waals surface area (Å²) in [5, 5.41) is 9.27. The number of hydrogen-bond donors (Lipinski definition) is 2. The zero-order valence-corrected chi connectivity index (χ0v) is 14.2. The third-order valence-electron chi connectivity index (χ3n) is 3.68. The van der Waals surface area contributed by atoms with Gasteiger partial charge in [-0.15, -0.1) is 0 Å². The molecular weight excluding hydrogens is 383 g/mol. The topological polar surface area (TPSA) is 72.5 Å². The first-order chi connectivity index (χ1) is 12.6. The lowest BCUT2D eigenvalue weighted by atomic mass is 9.98. The molecular formula is C19H11ClF3NO3. The molecule has 1 aliphatic rings. The Hall–Kier alpha value is -3.11. The number of benzene rings is 2. The summed E-state index contributed by atoms with van der Waals surface area (Å²) < 4.78 is 44.7. The monoisotopic (exact) mass is 393 g/mol. The molecule has 1 heterocycles. The number of hydrogen-bond acceptors (Lipinski definition) is 3. The molecule has 0 spiro atoms. The molecule has 0 bridgehead atoms. The number of anilines is 1. The van der Waals surface area contributed by atoms with Crippen LogP contribution in [0.25, 0.3) is 6.08 Å². The van der Waals surface area contributed by atoms with Gasteiger partial charge in [0.05, 0.1) is 11.1 Å². The minimum Gasteiger partial charge on any atom is -0.478 e. The molecule has 138 valence electrons. The van der Waals surface area contributed by atoms with Crippen LogP contribution in [-0.4, -0.2) is 23.4 Å². The van der Waals surface area contributed by atoms with Crippen molar-refractivity contribution in [3.05, 3.63) is 63.7 Å². The fraction of sp³-hybridized carbons (Fsp3) is 0.105. The zero-order valence-electron chi connectivity index (χ0n) is 13.5. The maximum absolute atomic E-state index is 13.2. The van der Waals surface area contributed by atoms with Gasteiger partial charge in [0, 0.05) is 21.8 Å². The highest BCUT2D eigenvalue weighted by molar-refractivity contribution is 6.31. The van der Waals surface area contributed by atoms with E-state index in [1.165, 1.54) is 12.1 Å². The third kappa shape index (κ3) is 4.01. The summed E-state index contributed by atoms with van der Waals surface area (Å²) >= 11 is 6.00. The van der Waals surface area contributed by atoms with E-state index in [1.54, 1.807) is 24.3 Å². The summed E-state index contributed by atoms with van der Waals surface area (Å²) in [6.07, 6.45) is -6.60.